The fourth-order valence-corrected chi connectivity index (χ4v) is 2.63. The number of imidazole rings is 1. The molecule has 0 aliphatic rings. The van der Waals surface area contributed by atoms with E-state index in [9.17, 15) is 8.78 Å². The molecule has 0 radical (unpaired) electrons. The number of hydrogen-bond donors (Lipinski definition) is 1. The van der Waals surface area contributed by atoms with E-state index < -0.39 is 11.6 Å². The van der Waals surface area contributed by atoms with E-state index in [-0.39, 0.29) is 17.5 Å². The first-order valence-electron chi connectivity index (χ1n) is 6.73. The molecule has 0 amide bonds. The fourth-order valence-electron chi connectivity index (χ4n) is 2.63. The second-order valence-electron chi connectivity index (χ2n) is 5.11. The van der Waals surface area contributed by atoms with Crippen LogP contribution in [0.5, 0.6) is 0 Å². The SMILES string of the molecule is CC(Cc1ccccc1)n1c(N)nc2ccc(F)c(F)c21. The first-order valence-corrected chi connectivity index (χ1v) is 6.73. The maximum atomic E-state index is 14.1. The summed E-state index contributed by atoms with van der Waals surface area (Å²) in [5, 5.41) is 0. The quantitative estimate of drug-likeness (QED) is 0.798. The Labute approximate surface area is 121 Å². The van der Waals surface area contributed by atoms with Gasteiger partial charge in [0.1, 0.15) is 5.52 Å². The topological polar surface area (TPSA) is 43.8 Å². The third-order valence-electron chi connectivity index (χ3n) is 3.59. The highest BCUT2D eigenvalue weighted by Gasteiger charge is 2.19. The van der Waals surface area contributed by atoms with Crippen LogP contribution in [0.2, 0.25) is 0 Å². The minimum atomic E-state index is -0.906. The van der Waals surface area contributed by atoms with Crippen molar-refractivity contribution in [2.75, 3.05) is 5.73 Å². The molecule has 0 aliphatic heterocycles. The Morgan fingerprint density at radius 1 is 1.14 bits per heavy atom. The molecule has 0 fully saturated rings. The van der Waals surface area contributed by atoms with Crippen molar-refractivity contribution in [3.63, 3.8) is 0 Å². The number of nitrogen functional groups attached to an aromatic ring is 1. The Morgan fingerprint density at radius 2 is 1.86 bits per heavy atom. The number of nitrogens with two attached hydrogens (primary N) is 1. The Kier molecular flexibility index (Phi) is 3.33. The standard InChI is InChI=1S/C16H15F2N3/c1-10(9-11-5-3-2-4-6-11)21-15-13(20-16(21)19)8-7-12(17)14(15)18/h2-8,10H,9H2,1H3,(H2,19,20). The van der Waals surface area contributed by atoms with Crippen LogP contribution in [-0.4, -0.2) is 9.55 Å². The van der Waals surface area contributed by atoms with Crippen LogP contribution in [0.3, 0.4) is 0 Å². The second-order valence-corrected chi connectivity index (χ2v) is 5.11. The lowest BCUT2D eigenvalue weighted by Gasteiger charge is -2.16. The lowest BCUT2D eigenvalue weighted by atomic mass is 10.1. The normalized spacial score (nSPS) is 12.7. The van der Waals surface area contributed by atoms with E-state index >= 15 is 0 Å². The molecule has 1 aromatic heterocycles. The zero-order chi connectivity index (χ0) is 15.0. The molecule has 3 rings (SSSR count). The van der Waals surface area contributed by atoms with Crippen LogP contribution in [0.25, 0.3) is 11.0 Å². The van der Waals surface area contributed by atoms with Crippen LogP contribution >= 0.6 is 0 Å². The Hall–Kier alpha value is -2.43. The first-order chi connectivity index (χ1) is 10.1. The minimum absolute atomic E-state index is 0.121. The summed E-state index contributed by atoms with van der Waals surface area (Å²) >= 11 is 0. The molecule has 2 N–H and O–H groups in total. The molecule has 0 spiro atoms. The van der Waals surface area contributed by atoms with Crippen LogP contribution in [0.1, 0.15) is 18.5 Å². The number of fused-ring (bicyclic) bond motifs is 1. The Balaban J connectivity index is 2.07. The third-order valence-corrected chi connectivity index (χ3v) is 3.59. The molecule has 3 nitrogen and oxygen atoms in total. The predicted molar refractivity (Wildman–Crippen MR) is 78.9 cm³/mol. The van der Waals surface area contributed by atoms with Gasteiger partial charge in [0.05, 0.1) is 5.52 Å². The molecule has 21 heavy (non-hydrogen) atoms. The molecule has 108 valence electrons. The zero-order valence-corrected chi connectivity index (χ0v) is 11.6. The van der Waals surface area contributed by atoms with Crippen LogP contribution in [0, 0.1) is 11.6 Å². The summed E-state index contributed by atoms with van der Waals surface area (Å²) in [5.74, 6) is -1.61. The number of rotatable bonds is 3. The minimum Gasteiger partial charge on any atom is -0.369 e. The monoisotopic (exact) mass is 287 g/mol. The van der Waals surface area contributed by atoms with Crippen molar-refractivity contribution in [3.05, 3.63) is 59.7 Å². The summed E-state index contributed by atoms with van der Waals surface area (Å²) in [6, 6.07) is 12.2. The summed E-state index contributed by atoms with van der Waals surface area (Å²) < 4.78 is 29.1. The van der Waals surface area contributed by atoms with Gasteiger partial charge >= 0.3 is 0 Å². The molecule has 3 aromatic rings. The maximum absolute atomic E-state index is 14.1. The van der Waals surface area contributed by atoms with Gasteiger partial charge in [0, 0.05) is 6.04 Å². The maximum Gasteiger partial charge on any atom is 0.201 e. The number of aromatic nitrogens is 2. The van der Waals surface area contributed by atoms with Crippen LogP contribution in [0.15, 0.2) is 42.5 Å². The number of anilines is 1. The van der Waals surface area contributed by atoms with Gasteiger partial charge in [0.25, 0.3) is 0 Å². The molecule has 2 aromatic carbocycles. The van der Waals surface area contributed by atoms with Gasteiger partial charge < -0.3 is 10.3 Å². The highest BCUT2D eigenvalue weighted by molar-refractivity contribution is 5.79. The lowest BCUT2D eigenvalue weighted by Crippen LogP contribution is -2.12. The second kappa shape index (κ2) is 5.16. The lowest BCUT2D eigenvalue weighted by molar-refractivity contribution is 0.501. The van der Waals surface area contributed by atoms with Crippen molar-refractivity contribution in [1.29, 1.82) is 0 Å². The molecule has 0 saturated heterocycles. The van der Waals surface area contributed by atoms with Gasteiger partial charge in [-0.1, -0.05) is 30.3 Å². The van der Waals surface area contributed by atoms with E-state index in [2.05, 4.69) is 4.98 Å². The molecule has 5 heteroatoms. The average Bonchev–Trinajstić information content (AvgIpc) is 2.81. The molecule has 0 saturated carbocycles. The van der Waals surface area contributed by atoms with Gasteiger partial charge in [-0.2, -0.15) is 0 Å². The van der Waals surface area contributed by atoms with Crippen molar-refractivity contribution in [2.24, 2.45) is 0 Å². The largest absolute Gasteiger partial charge is 0.369 e. The van der Waals surface area contributed by atoms with Crippen molar-refractivity contribution >= 4 is 17.0 Å². The number of hydrogen-bond acceptors (Lipinski definition) is 2. The van der Waals surface area contributed by atoms with Gasteiger partial charge in [-0.25, -0.2) is 13.8 Å². The Morgan fingerprint density at radius 3 is 2.57 bits per heavy atom. The van der Waals surface area contributed by atoms with E-state index in [0.717, 1.165) is 11.6 Å². The zero-order valence-electron chi connectivity index (χ0n) is 11.6. The van der Waals surface area contributed by atoms with Gasteiger partial charge in [-0.3, -0.25) is 0 Å². The molecule has 0 bridgehead atoms. The van der Waals surface area contributed by atoms with Crippen molar-refractivity contribution in [2.45, 2.75) is 19.4 Å². The molecule has 1 heterocycles. The average molecular weight is 287 g/mol. The van der Waals surface area contributed by atoms with Gasteiger partial charge in [0.15, 0.2) is 11.6 Å². The van der Waals surface area contributed by atoms with E-state index in [1.165, 1.54) is 6.07 Å². The van der Waals surface area contributed by atoms with E-state index in [1.54, 1.807) is 4.57 Å². The number of halogens is 2. The summed E-state index contributed by atoms with van der Waals surface area (Å²) in [5.41, 5.74) is 7.48. The fraction of sp³-hybridized carbons (Fsp3) is 0.188. The highest BCUT2D eigenvalue weighted by Crippen LogP contribution is 2.28. The molecule has 1 unspecified atom stereocenters. The molecular weight excluding hydrogens is 272 g/mol. The summed E-state index contributed by atoms with van der Waals surface area (Å²) in [7, 11) is 0. The number of nitrogens with zero attached hydrogens (tertiary/aromatic N) is 2. The van der Waals surface area contributed by atoms with Crippen LogP contribution in [-0.2, 0) is 6.42 Å². The van der Waals surface area contributed by atoms with E-state index in [0.29, 0.717) is 11.9 Å². The predicted octanol–water partition coefficient (Wildman–Crippen LogP) is 3.70. The number of benzene rings is 2. The van der Waals surface area contributed by atoms with E-state index in [4.69, 9.17) is 5.73 Å². The van der Waals surface area contributed by atoms with Crippen molar-refractivity contribution in [1.82, 2.24) is 9.55 Å². The first kappa shape index (κ1) is 13.5. The third kappa shape index (κ3) is 2.35. The van der Waals surface area contributed by atoms with Crippen molar-refractivity contribution in [3.8, 4) is 0 Å². The smallest absolute Gasteiger partial charge is 0.201 e. The van der Waals surface area contributed by atoms with Gasteiger partial charge in [0.2, 0.25) is 5.95 Å². The van der Waals surface area contributed by atoms with Crippen LogP contribution < -0.4 is 5.73 Å². The van der Waals surface area contributed by atoms with E-state index in [1.807, 2.05) is 37.3 Å². The summed E-state index contributed by atoms with van der Waals surface area (Å²) in [6.07, 6.45) is 0.659. The van der Waals surface area contributed by atoms with Gasteiger partial charge in [-0.05, 0) is 31.0 Å². The molecule has 0 aliphatic carbocycles. The Bertz CT molecular complexity index is 781. The molecule has 1 atom stereocenters. The highest BCUT2D eigenvalue weighted by atomic mass is 19.2. The summed E-state index contributed by atoms with van der Waals surface area (Å²) in [4.78, 5) is 4.11. The van der Waals surface area contributed by atoms with Gasteiger partial charge in [-0.15, -0.1) is 0 Å². The van der Waals surface area contributed by atoms with Crippen LogP contribution in [0.4, 0.5) is 14.7 Å². The summed E-state index contributed by atoms with van der Waals surface area (Å²) in [6.45, 7) is 1.91. The molecular formula is C16H15F2N3. The van der Waals surface area contributed by atoms with Crippen molar-refractivity contribution < 1.29 is 8.78 Å².